The molecule has 0 aromatic carbocycles. The number of nitrogens with one attached hydrogen (secondary N) is 2. The molecule has 1 aliphatic carbocycles. The van der Waals surface area contributed by atoms with Gasteiger partial charge in [0.15, 0.2) is 6.10 Å². The smallest absolute Gasteiger partial charge is 0.342 e. The maximum atomic E-state index is 12.4. The van der Waals surface area contributed by atoms with Crippen molar-refractivity contribution >= 4 is 34.1 Å². The minimum Gasteiger partial charge on any atom is -0.449 e. The molecule has 1 aromatic rings. The van der Waals surface area contributed by atoms with Crippen molar-refractivity contribution in [3.8, 4) is 0 Å². The summed E-state index contributed by atoms with van der Waals surface area (Å²) in [5, 5.41) is 5.93. The molecule has 7 heteroatoms. The van der Waals surface area contributed by atoms with Crippen molar-refractivity contribution in [1.82, 2.24) is 5.32 Å². The van der Waals surface area contributed by atoms with E-state index in [2.05, 4.69) is 10.6 Å². The van der Waals surface area contributed by atoms with Crippen LogP contribution in [0.25, 0.3) is 0 Å². The molecule has 0 radical (unpaired) electrons. The Morgan fingerprint density at radius 1 is 1.30 bits per heavy atom. The van der Waals surface area contributed by atoms with Crippen LogP contribution < -0.4 is 10.6 Å². The molecule has 1 fully saturated rings. The second-order valence-corrected chi connectivity index (χ2v) is 6.92. The number of hydrogen-bond donors (Lipinski definition) is 2. The predicted octanol–water partition coefficient (Wildman–Crippen LogP) is 2.39. The highest BCUT2D eigenvalue weighted by molar-refractivity contribution is 7.16. The van der Waals surface area contributed by atoms with Gasteiger partial charge in [-0.05, 0) is 46.1 Å². The number of carbonyl (C=O) groups excluding carboxylic acids is 3. The molecule has 2 amide bonds. The first-order chi connectivity index (χ1) is 10.8. The second kappa shape index (κ2) is 7.12. The highest BCUT2D eigenvalue weighted by Crippen LogP contribution is 2.36. The molecule has 0 bridgehead atoms. The van der Waals surface area contributed by atoms with Gasteiger partial charge in [-0.2, -0.15) is 0 Å². The summed E-state index contributed by atoms with van der Waals surface area (Å²) in [6, 6.07) is 0. The van der Waals surface area contributed by atoms with Crippen LogP contribution >= 0.6 is 11.3 Å². The van der Waals surface area contributed by atoms with E-state index < -0.39 is 12.1 Å². The van der Waals surface area contributed by atoms with Gasteiger partial charge in [0.1, 0.15) is 5.00 Å². The first-order valence-corrected chi connectivity index (χ1v) is 8.56. The van der Waals surface area contributed by atoms with Crippen molar-refractivity contribution in [2.75, 3.05) is 11.9 Å². The van der Waals surface area contributed by atoms with E-state index >= 15 is 0 Å². The maximum Gasteiger partial charge on any atom is 0.342 e. The Morgan fingerprint density at radius 3 is 2.52 bits per heavy atom. The zero-order valence-electron chi connectivity index (χ0n) is 13.8. The molecule has 1 aliphatic rings. The van der Waals surface area contributed by atoms with Crippen LogP contribution in [0.2, 0.25) is 0 Å². The molecule has 1 aromatic heterocycles. The molecule has 1 saturated carbocycles. The third-order valence-electron chi connectivity index (χ3n) is 3.78. The molecule has 1 atom stereocenters. The molecule has 126 valence electrons. The maximum absolute atomic E-state index is 12.4. The van der Waals surface area contributed by atoms with Crippen molar-refractivity contribution in [2.45, 2.75) is 46.6 Å². The molecule has 1 heterocycles. The predicted molar refractivity (Wildman–Crippen MR) is 88.7 cm³/mol. The fourth-order valence-corrected chi connectivity index (χ4v) is 3.16. The molecule has 2 rings (SSSR count). The van der Waals surface area contributed by atoms with Crippen LogP contribution in [0, 0.1) is 19.8 Å². The van der Waals surface area contributed by atoms with Crippen molar-refractivity contribution in [1.29, 1.82) is 0 Å². The SMILES string of the molecule is CCNC(=O)[C@H](C)OC(=O)c1c(NC(=O)C2CC2)sc(C)c1C. The molecular formula is C16H22N2O4S. The summed E-state index contributed by atoms with van der Waals surface area (Å²) in [6.07, 6.45) is 0.904. The summed E-state index contributed by atoms with van der Waals surface area (Å²) in [5.74, 6) is -0.932. The zero-order valence-corrected chi connectivity index (χ0v) is 14.6. The van der Waals surface area contributed by atoms with E-state index in [0.29, 0.717) is 17.1 Å². The molecule has 0 saturated heterocycles. The minimum absolute atomic E-state index is 0.0517. The summed E-state index contributed by atoms with van der Waals surface area (Å²) in [7, 11) is 0. The van der Waals surface area contributed by atoms with E-state index in [1.165, 1.54) is 18.3 Å². The van der Waals surface area contributed by atoms with Crippen LogP contribution in [0.1, 0.15) is 47.5 Å². The van der Waals surface area contributed by atoms with Crippen LogP contribution in [-0.2, 0) is 14.3 Å². The molecule has 0 unspecified atom stereocenters. The number of rotatable bonds is 6. The Kier molecular flexibility index (Phi) is 5.41. The second-order valence-electron chi connectivity index (χ2n) is 5.69. The van der Waals surface area contributed by atoms with E-state index in [4.69, 9.17) is 4.74 Å². The number of carbonyl (C=O) groups is 3. The lowest BCUT2D eigenvalue weighted by Gasteiger charge is -2.13. The van der Waals surface area contributed by atoms with E-state index in [0.717, 1.165) is 23.3 Å². The molecule has 0 aliphatic heterocycles. The lowest BCUT2D eigenvalue weighted by atomic mass is 10.1. The van der Waals surface area contributed by atoms with Gasteiger partial charge in [-0.15, -0.1) is 11.3 Å². The number of ether oxygens (including phenoxy) is 1. The van der Waals surface area contributed by atoms with Crippen LogP contribution in [-0.4, -0.2) is 30.4 Å². The Bertz CT molecular complexity index is 634. The Labute approximate surface area is 139 Å². The average Bonchev–Trinajstić information content (AvgIpc) is 3.28. The molecule has 23 heavy (non-hydrogen) atoms. The van der Waals surface area contributed by atoms with E-state index in [-0.39, 0.29) is 17.7 Å². The number of esters is 1. The lowest BCUT2D eigenvalue weighted by Crippen LogP contribution is -2.35. The van der Waals surface area contributed by atoms with Crippen molar-refractivity contribution in [3.05, 3.63) is 16.0 Å². The summed E-state index contributed by atoms with van der Waals surface area (Å²) in [5.41, 5.74) is 1.12. The quantitative estimate of drug-likeness (QED) is 0.780. The van der Waals surface area contributed by atoms with E-state index in [9.17, 15) is 14.4 Å². The number of anilines is 1. The number of aryl methyl sites for hydroxylation is 1. The van der Waals surface area contributed by atoms with Gasteiger partial charge in [-0.25, -0.2) is 4.79 Å². The van der Waals surface area contributed by atoms with Crippen molar-refractivity contribution in [2.24, 2.45) is 5.92 Å². The number of thiophene rings is 1. The van der Waals surface area contributed by atoms with Gasteiger partial charge in [-0.3, -0.25) is 9.59 Å². The van der Waals surface area contributed by atoms with E-state index in [1.807, 2.05) is 13.8 Å². The van der Waals surface area contributed by atoms with Crippen LogP contribution in [0.5, 0.6) is 0 Å². The highest BCUT2D eigenvalue weighted by Gasteiger charge is 2.32. The van der Waals surface area contributed by atoms with Crippen LogP contribution in [0.4, 0.5) is 5.00 Å². The lowest BCUT2D eigenvalue weighted by molar-refractivity contribution is -0.129. The average molecular weight is 338 g/mol. The zero-order chi connectivity index (χ0) is 17.1. The Hall–Kier alpha value is -1.89. The Morgan fingerprint density at radius 2 is 1.96 bits per heavy atom. The first-order valence-electron chi connectivity index (χ1n) is 7.74. The van der Waals surface area contributed by atoms with Crippen molar-refractivity contribution in [3.63, 3.8) is 0 Å². The van der Waals surface area contributed by atoms with Gasteiger partial charge in [-0.1, -0.05) is 0 Å². The van der Waals surface area contributed by atoms with E-state index in [1.54, 1.807) is 6.92 Å². The third-order valence-corrected chi connectivity index (χ3v) is 4.90. The third kappa shape index (κ3) is 4.10. The summed E-state index contributed by atoms with van der Waals surface area (Å²) in [6.45, 7) is 7.49. The minimum atomic E-state index is -0.881. The van der Waals surface area contributed by atoms with Crippen molar-refractivity contribution < 1.29 is 19.1 Å². The van der Waals surface area contributed by atoms with Gasteiger partial charge in [0.2, 0.25) is 5.91 Å². The fourth-order valence-electron chi connectivity index (χ4n) is 2.11. The van der Waals surface area contributed by atoms with Gasteiger partial charge in [0.05, 0.1) is 5.56 Å². The van der Waals surface area contributed by atoms with Gasteiger partial charge in [0, 0.05) is 17.3 Å². The number of amides is 2. The largest absolute Gasteiger partial charge is 0.449 e. The molecule has 2 N–H and O–H groups in total. The molecule has 0 spiro atoms. The highest BCUT2D eigenvalue weighted by atomic mass is 32.1. The van der Waals surface area contributed by atoms with Gasteiger partial charge in [0.25, 0.3) is 5.91 Å². The number of likely N-dealkylation sites (N-methyl/N-ethyl adjacent to an activating group) is 1. The fraction of sp³-hybridized carbons (Fsp3) is 0.562. The summed E-state index contributed by atoms with van der Waals surface area (Å²) in [4.78, 5) is 37.0. The van der Waals surface area contributed by atoms with Crippen LogP contribution in [0.15, 0.2) is 0 Å². The summed E-state index contributed by atoms with van der Waals surface area (Å²) >= 11 is 1.36. The van der Waals surface area contributed by atoms with Gasteiger partial charge >= 0.3 is 5.97 Å². The molecular weight excluding hydrogens is 316 g/mol. The standard InChI is InChI=1S/C16H22N2O4S/c1-5-17-13(19)9(3)22-16(21)12-8(2)10(4)23-15(12)18-14(20)11-6-7-11/h9,11H,5-7H2,1-4H3,(H,17,19)(H,18,20)/t9-/m0/s1. The Balaban J connectivity index is 2.14. The normalized spacial score (nSPS) is 15.0. The monoisotopic (exact) mass is 338 g/mol. The first kappa shape index (κ1) is 17.5. The summed E-state index contributed by atoms with van der Waals surface area (Å²) < 4.78 is 5.25. The van der Waals surface area contributed by atoms with Gasteiger partial charge < -0.3 is 15.4 Å². The van der Waals surface area contributed by atoms with Crippen LogP contribution in [0.3, 0.4) is 0 Å². The number of hydrogen-bond acceptors (Lipinski definition) is 5. The topological polar surface area (TPSA) is 84.5 Å². The molecule has 6 nitrogen and oxygen atoms in total.